The van der Waals surface area contributed by atoms with Crippen molar-refractivity contribution in [2.45, 2.75) is 6.54 Å². The molecule has 0 unspecified atom stereocenters. The van der Waals surface area contributed by atoms with Gasteiger partial charge in [-0.15, -0.1) is 0 Å². The molecule has 2 nitrogen and oxygen atoms in total. The Kier molecular flexibility index (Phi) is 3.79. The minimum absolute atomic E-state index is 0.202. The quantitative estimate of drug-likeness (QED) is 0.918. The fraction of sp³-hybridized carbons (Fsp3) is 0.0769. The molecule has 0 spiro atoms. The largest absolute Gasteiger partial charge is 0.454 e. The van der Waals surface area contributed by atoms with Crippen molar-refractivity contribution in [3.8, 4) is 11.5 Å². The maximum absolute atomic E-state index is 13.5. The van der Waals surface area contributed by atoms with Crippen molar-refractivity contribution in [3.05, 3.63) is 58.6 Å². The molecule has 0 saturated carbocycles. The van der Waals surface area contributed by atoms with Gasteiger partial charge in [-0.05, 0) is 24.3 Å². The van der Waals surface area contributed by atoms with E-state index in [-0.39, 0.29) is 12.3 Å². The normalized spacial score (nSPS) is 10.4. The molecular formula is C13H10ClF2NO. The van der Waals surface area contributed by atoms with E-state index in [1.165, 1.54) is 18.2 Å². The molecule has 2 N–H and O–H groups in total. The molecule has 0 aromatic heterocycles. The lowest BCUT2D eigenvalue weighted by molar-refractivity contribution is 0.413. The van der Waals surface area contributed by atoms with Crippen molar-refractivity contribution in [3.63, 3.8) is 0 Å². The van der Waals surface area contributed by atoms with E-state index in [1.807, 2.05) is 0 Å². The maximum atomic E-state index is 13.5. The number of hydrogen-bond acceptors (Lipinski definition) is 2. The molecule has 0 heterocycles. The van der Waals surface area contributed by atoms with Crippen molar-refractivity contribution in [1.82, 2.24) is 0 Å². The lowest BCUT2D eigenvalue weighted by Crippen LogP contribution is -2.00. The molecule has 0 atom stereocenters. The van der Waals surface area contributed by atoms with E-state index < -0.39 is 11.6 Å². The first-order valence-corrected chi connectivity index (χ1v) is 5.60. The van der Waals surface area contributed by atoms with Crippen LogP contribution in [0.1, 0.15) is 5.56 Å². The third-order valence-corrected chi connectivity index (χ3v) is 2.62. The second-order valence-electron chi connectivity index (χ2n) is 3.61. The molecule has 0 aliphatic heterocycles. The molecule has 2 aromatic rings. The first-order valence-electron chi connectivity index (χ1n) is 5.22. The highest BCUT2D eigenvalue weighted by Gasteiger charge is 2.11. The molecule has 94 valence electrons. The Hall–Kier alpha value is -1.65. The molecule has 0 saturated heterocycles. The predicted octanol–water partition coefficient (Wildman–Crippen LogP) is 3.87. The van der Waals surface area contributed by atoms with E-state index in [9.17, 15) is 8.78 Å². The van der Waals surface area contributed by atoms with Crippen LogP contribution in [0.2, 0.25) is 5.02 Å². The standard InChI is InChI=1S/C13H10ClF2NO/c14-9-5-4-8(7-17)12(6-9)18-11-3-1-2-10(15)13(11)16/h1-6H,7,17H2. The molecule has 0 aliphatic rings. The van der Waals surface area contributed by atoms with Crippen molar-refractivity contribution in [2.24, 2.45) is 5.73 Å². The zero-order chi connectivity index (χ0) is 13.1. The van der Waals surface area contributed by atoms with Gasteiger partial charge in [0.25, 0.3) is 0 Å². The van der Waals surface area contributed by atoms with E-state index in [4.69, 9.17) is 22.1 Å². The molecule has 0 bridgehead atoms. The van der Waals surface area contributed by atoms with Crippen LogP contribution in [0.15, 0.2) is 36.4 Å². The van der Waals surface area contributed by atoms with Gasteiger partial charge in [0.15, 0.2) is 11.6 Å². The van der Waals surface area contributed by atoms with Crippen molar-refractivity contribution in [1.29, 1.82) is 0 Å². The van der Waals surface area contributed by atoms with Gasteiger partial charge in [-0.1, -0.05) is 23.7 Å². The summed E-state index contributed by atoms with van der Waals surface area (Å²) >= 11 is 5.82. The third-order valence-electron chi connectivity index (χ3n) is 2.39. The molecule has 0 aliphatic carbocycles. The second-order valence-corrected chi connectivity index (χ2v) is 4.05. The Morgan fingerprint density at radius 1 is 1.11 bits per heavy atom. The average molecular weight is 270 g/mol. The highest BCUT2D eigenvalue weighted by Crippen LogP contribution is 2.30. The highest BCUT2D eigenvalue weighted by atomic mass is 35.5. The Morgan fingerprint density at radius 2 is 1.89 bits per heavy atom. The van der Waals surface area contributed by atoms with E-state index in [0.29, 0.717) is 16.3 Å². The van der Waals surface area contributed by atoms with Gasteiger partial charge < -0.3 is 10.5 Å². The summed E-state index contributed by atoms with van der Waals surface area (Å²) in [5, 5.41) is 0.430. The number of halogens is 3. The number of hydrogen-bond donors (Lipinski definition) is 1. The first kappa shape index (κ1) is 12.8. The van der Waals surface area contributed by atoms with Gasteiger partial charge in [-0.25, -0.2) is 4.39 Å². The van der Waals surface area contributed by atoms with Crippen molar-refractivity contribution in [2.75, 3.05) is 0 Å². The monoisotopic (exact) mass is 269 g/mol. The smallest absolute Gasteiger partial charge is 0.201 e. The molecule has 2 aromatic carbocycles. The Labute approximate surface area is 108 Å². The number of ether oxygens (including phenoxy) is 1. The zero-order valence-electron chi connectivity index (χ0n) is 9.29. The first-order chi connectivity index (χ1) is 8.61. The van der Waals surface area contributed by atoms with Crippen molar-refractivity contribution < 1.29 is 13.5 Å². The van der Waals surface area contributed by atoms with Crippen LogP contribution in [0.3, 0.4) is 0 Å². The van der Waals surface area contributed by atoms with Gasteiger partial charge in [0.1, 0.15) is 5.75 Å². The topological polar surface area (TPSA) is 35.2 Å². The van der Waals surface area contributed by atoms with Crippen LogP contribution in [0.25, 0.3) is 0 Å². The highest BCUT2D eigenvalue weighted by molar-refractivity contribution is 6.30. The summed E-state index contributed by atoms with van der Waals surface area (Å²) in [6.07, 6.45) is 0. The summed E-state index contributed by atoms with van der Waals surface area (Å²) < 4.78 is 31.8. The van der Waals surface area contributed by atoms with Crippen LogP contribution in [-0.4, -0.2) is 0 Å². The third kappa shape index (κ3) is 2.60. The summed E-state index contributed by atoms with van der Waals surface area (Å²) in [5.74, 6) is -1.90. The van der Waals surface area contributed by atoms with Gasteiger partial charge in [0.05, 0.1) is 0 Å². The lowest BCUT2D eigenvalue weighted by Gasteiger charge is -2.11. The summed E-state index contributed by atoms with van der Waals surface area (Å²) in [5.41, 5.74) is 6.19. The Morgan fingerprint density at radius 3 is 2.61 bits per heavy atom. The minimum Gasteiger partial charge on any atom is -0.454 e. The Balaban J connectivity index is 2.39. The van der Waals surface area contributed by atoms with Gasteiger partial charge in [-0.3, -0.25) is 0 Å². The second kappa shape index (κ2) is 5.33. The van der Waals surface area contributed by atoms with E-state index in [1.54, 1.807) is 12.1 Å². The maximum Gasteiger partial charge on any atom is 0.201 e. The van der Waals surface area contributed by atoms with E-state index in [0.717, 1.165) is 6.07 Å². The van der Waals surface area contributed by atoms with Gasteiger partial charge in [-0.2, -0.15) is 4.39 Å². The molecule has 2 rings (SSSR count). The Bertz CT molecular complexity index is 575. The summed E-state index contributed by atoms with van der Waals surface area (Å²) in [6, 6.07) is 8.55. The van der Waals surface area contributed by atoms with Crippen LogP contribution in [-0.2, 0) is 6.54 Å². The summed E-state index contributed by atoms with van der Waals surface area (Å²) in [4.78, 5) is 0. The molecule has 0 fully saturated rings. The number of rotatable bonds is 3. The summed E-state index contributed by atoms with van der Waals surface area (Å²) in [6.45, 7) is 0.212. The predicted molar refractivity (Wildman–Crippen MR) is 65.8 cm³/mol. The minimum atomic E-state index is -1.04. The molecule has 0 radical (unpaired) electrons. The van der Waals surface area contributed by atoms with Gasteiger partial charge in [0, 0.05) is 17.1 Å². The fourth-order valence-corrected chi connectivity index (χ4v) is 1.64. The van der Waals surface area contributed by atoms with Crippen LogP contribution in [0, 0.1) is 11.6 Å². The lowest BCUT2D eigenvalue weighted by atomic mass is 10.2. The summed E-state index contributed by atoms with van der Waals surface area (Å²) in [7, 11) is 0. The zero-order valence-corrected chi connectivity index (χ0v) is 10.0. The van der Waals surface area contributed by atoms with E-state index >= 15 is 0 Å². The molecule has 5 heteroatoms. The SMILES string of the molecule is NCc1ccc(Cl)cc1Oc1cccc(F)c1F. The van der Waals surface area contributed by atoms with Crippen LogP contribution in [0.5, 0.6) is 11.5 Å². The number of nitrogens with two attached hydrogens (primary N) is 1. The number of benzene rings is 2. The van der Waals surface area contributed by atoms with E-state index in [2.05, 4.69) is 0 Å². The molecular weight excluding hydrogens is 260 g/mol. The van der Waals surface area contributed by atoms with Crippen molar-refractivity contribution >= 4 is 11.6 Å². The van der Waals surface area contributed by atoms with Crippen LogP contribution in [0.4, 0.5) is 8.78 Å². The molecule has 18 heavy (non-hydrogen) atoms. The van der Waals surface area contributed by atoms with Gasteiger partial charge >= 0.3 is 0 Å². The van der Waals surface area contributed by atoms with Gasteiger partial charge in [0.2, 0.25) is 5.82 Å². The fourth-order valence-electron chi connectivity index (χ4n) is 1.47. The van der Waals surface area contributed by atoms with Crippen LogP contribution >= 0.6 is 11.6 Å². The molecule has 0 amide bonds. The average Bonchev–Trinajstić information content (AvgIpc) is 2.35. The van der Waals surface area contributed by atoms with Crippen LogP contribution < -0.4 is 10.5 Å².